The lowest BCUT2D eigenvalue weighted by atomic mass is 10.0. The Kier molecular flexibility index (Phi) is 5.54. The first kappa shape index (κ1) is 24.0. The minimum atomic E-state index is -4.44. The average Bonchev–Trinajstić information content (AvgIpc) is 3.33. The van der Waals surface area contributed by atoms with Gasteiger partial charge >= 0.3 is 6.18 Å². The number of rotatable bonds is 5. The Labute approximate surface area is 223 Å². The maximum absolute atomic E-state index is 13.6. The van der Waals surface area contributed by atoms with Crippen LogP contribution < -0.4 is 0 Å². The number of imidazole rings is 1. The van der Waals surface area contributed by atoms with Gasteiger partial charge in [-0.05, 0) is 72.0 Å². The highest BCUT2D eigenvalue weighted by Gasteiger charge is 2.37. The van der Waals surface area contributed by atoms with Crippen LogP contribution in [-0.2, 0) is 17.5 Å². The lowest BCUT2D eigenvalue weighted by molar-refractivity contribution is -0.137. The molecule has 7 rings (SSSR count). The van der Waals surface area contributed by atoms with E-state index < -0.39 is 11.7 Å². The van der Waals surface area contributed by atoms with Crippen molar-refractivity contribution in [1.29, 1.82) is 0 Å². The molecule has 1 N–H and O–H groups in total. The maximum atomic E-state index is 13.6. The van der Waals surface area contributed by atoms with Crippen molar-refractivity contribution >= 4 is 27.8 Å². The number of halogens is 3. The predicted octanol–water partition coefficient (Wildman–Crippen LogP) is 7.13. The Morgan fingerprint density at radius 1 is 0.923 bits per heavy atom. The summed E-state index contributed by atoms with van der Waals surface area (Å²) in [5, 5.41) is 1.15. The lowest BCUT2D eigenvalue weighted by Gasteiger charge is -2.18. The number of H-pyrrole nitrogens is 1. The maximum Gasteiger partial charge on any atom is 0.416 e. The van der Waals surface area contributed by atoms with Gasteiger partial charge in [0.2, 0.25) is 5.91 Å². The Hall–Kier alpha value is -4.07. The topological polar surface area (TPSA) is 53.9 Å². The molecular formula is C31H27F3N4O. The zero-order chi connectivity index (χ0) is 26.7. The Morgan fingerprint density at radius 2 is 1.69 bits per heavy atom. The molecule has 0 spiro atoms. The number of likely N-dealkylation sites (tertiary alicyclic amines) is 1. The van der Waals surface area contributed by atoms with E-state index in [0.717, 1.165) is 52.9 Å². The molecule has 3 aromatic carbocycles. The van der Waals surface area contributed by atoms with Crippen LogP contribution in [0.25, 0.3) is 44.5 Å². The van der Waals surface area contributed by atoms with Crippen LogP contribution in [-0.4, -0.2) is 38.4 Å². The van der Waals surface area contributed by atoms with E-state index in [1.807, 2.05) is 46.0 Å². The number of hydrogen-bond acceptors (Lipinski definition) is 2. The highest BCUT2D eigenvalue weighted by atomic mass is 19.4. The molecule has 198 valence electrons. The first-order valence-electron chi connectivity index (χ1n) is 13.4. The molecule has 0 bridgehead atoms. The Balaban J connectivity index is 1.24. The highest BCUT2D eigenvalue weighted by molar-refractivity contribution is 5.86. The third kappa shape index (κ3) is 4.47. The summed E-state index contributed by atoms with van der Waals surface area (Å²) in [6.45, 7) is 1.84. The van der Waals surface area contributed by atoms with Gasteiger partial charge in [0.25, 0.3) is 0 Å². The zero-order valence-corrected chi connectivity index (χ0v) is 21.2. The van der Waals surface area contributed by atoms with Crippen molar-refractivity contribution in [2.75, 3.05) is 13.1 Å². The van der Waals surface area contributed by atoms with Crippen LogP contribution in [0.15, 0.2) is 72.9 Å². The van der Waals surface area contributed by atoms with E-state index in [4.69, 9.17) is 4.98 Å². The molecule has 0 unspecified atom stereocenters. The fraction of sp³-hybridized carbons (Fsp3) is 0.290. The number of aromatic amines is 1. The second-order valence-electron chi connectivity index (χ2n) is 10.8. The van der Waals surface area contributed by atoms with Gasteiger partial charge in [0.15, 0.2) is 0 Å². The van der Waals surface area contributed by atoms with Crippen molar-refractivity contribution in [3.05, 3.63) is 78.5 Å². The number of alkyl halides is 3. The largest absolute Gasteiger partial charge is 0.416 e. The van der Waals surface area contributed by atoms with Gasteiger partial charge in [0.05, 0.1) is 16.6 Å². The molecule has 2 aromatic heterocycles. The van der Waals surface area contributed by atoms with Gasteiger partial charge < -0.3 is 14.5 Å². The van der Waals surface area contributed by atoms with Gasteiger partial charge in [0.1, 0.15) is 5.82 Å². The predicted molar refractivity (Wildman–Crippen MR) is 145 cm³/mol. The summed E-state index contributed by atoms with van der Waals surface area (Å²) in [6.07, 6.45) is 0.233. The molecule has 3 heterocycles. The van der Waals surface area contributed by atoms with Gasteiger partial charge in [-0.2, -0.15) is 13.2 Å². The van der Waals surface area contributed by atoms with Crippen molar-refractivity contribution in [1.82, 2.24) is 19.4 Å². The third-order valence-electron chi connectivity index (χ3n) is 8.07. The molecule has 5 aromatic rings. The molecule has 2 aliphatic rings. The summed E-state index contributed by atoms with van der Waals surface area (Å²) in [4.78, 5) is 22.6. The Morgan fingerprint density at radius 3 is 2.46 bits per heavy atom. The fourth-order valence-electron chi connectivity index (χ4n) is 5.77. The quantitative estimate of drug-likeness (QED) is 0.264. The molecule has 8 heteroatoms. The Bertz CT molecular complexity index is 1690. The van der Waals surface area contributed by atoms with Crippen molar-refractivity contribution in [2.24, 2.45) is 11.8 Å². The SMILES string of the molecule is O=C(C1CC1)N1CC[C@H](Cn2c(-c3ccc(-c4ccc5cc[nH]c5c4)cc3)nc3ccc(C(F)(F)F)cc32)C1. The van der Waals surface area contributed by atoms with Crippen molar-refractivity contribution in [2.45, 2.75) is 32.0 Å². The molecule has 1 atom stereocenters. The number of benzene rings is 3. The van der Waals surface area contributed by atoms with E-state index in [2.05, 4.69) is 23.2 Å². The van der Waals surface area contributed by atoms with Crippen molar-refractivity contribution in [3.8, 4) is 22.5 Å². The monoisotopic (exact) mass is 528 g/mol. The molecule has 1 saturated carbocycles. The minimum absolute atomic E-state index is 0.158. The summed E-state index contributed by atoms with van der Waals surface area (Å²) in [6, 6.07) is 20.0. The number of nitrogens with one attached hydrogen (secondary N) is 1. The van der Waals surface area contributed by atoms with E-state index >= 15 is 0 Å². The number of hydrogen-bond donors (Lipinski definition) is 1. The van der Waals surface area contributed by atoms with E-state index in [0.29, 0.717) is 36.5 Å². The number of carbonyl (C=O) groups is 1. The second-order valence-corrected chi connectivity index (χ2v) is 10.8. The standard InChI is InChI=1S/C31H27F3N4O/c32-31(33,34)25-9-10-26-28(16-25)38(18-19-12-14-37(17-19)30(39)23-6-7-23)29(36-26)22-4-1-20(2-5-22)24-8-3-21-11-13-35-27(21)15-24/h1-5,8-11,13,15-16,19,23,35H,6-7,12,14,17-18H2/t19-/m0/s1. The van der Waals surface area contributed by atoms with E-state index in [9.17, 15) is 18.0 Å². The van der Waals surface area contributed by atoms with Crippen LogP contribution in [0.2, 0.25) is 0 Å². The van der Waals surface area contributed by atoms with Gasteiger partial charge in [-0.1, -0.05) is 36.4 Å². The van der Waals surface area contributed by atoms with Crippen molar-refractivity contribution < 1.29 is 18.0 Å². The van der Waals surface area contributed by atoms with Crippen LogP contribution in [0.3, 0.4) is 0 Å². The smallest absolute Gasteiger partial charge is 0.361 e. The van der Waals surface area contributed by atoms with Gasteiger partial charge in [-0.15, -0.1) is 0 Å². The normalized spacial score (nSPS) is 17.9. The van der Waals surface area contributed by atoms with Crippen LogP contribution in [0.5, 0.6) is 0 Å². The van der Waals surface area contributed by atoms with E-state index in [1.165, 1.54) is 12.1 Å². The van der Waals surface area contributed by atoms with Crippen LogP contribution in [0, 0.1) is 11.8 Å². The molecule has 1 amide bonds. The fourth-order valence-corrected chi connectivity index (χ4v) is 5.77. The molecule has 1 aliphatic heterocycles. The summed E-state index contributed by atoms with van der Waals surface area (Å²) < 4.78 is 42.7. The number of aromatic nitrogens is 3. The number of amides is 1. The first-order valence-corrected chi connectivity index (χ1v) is 13.4. The van der Waals surface area contributed by atoms with Gasteiger partial charge in [-0.3, -0.25) is 4.79 Å². The lowest BCUT2D eigenvalue weighted by Crippen LogP contribution is -2.30. The molecule has 1 aliphatic carbocycles. The molecule has 1 saturated heterocycles. The molecule has 5 nitrogen and oxygen atoms in total. The average molecular weight is 529 g/mol. The molecular weight excluding hydrogens is 501 g/mol. The molecule has 0 radical (unpaired) electrons. The third-order valence-corrected chi connectivity index (χ3v) is 8.07. The summed E-state index contributed by atoms with van der Waals surface area (Å²) in [5.41, 5.74) is 4.33. The summed E-state index contributed by atoms with van der Waals surface area (Å²) in [5.74, 6) is 1.19. The van der Waals surface area contributed by atoms with Gasteiger partial charge in [-0.25, -0.2) is 4.98 Å². The zero-order valence-electron chi connectivity index (χ0n) is 21.2. The van der Waals surface area contributed by atoms with E-state index in [1.54, 1.807) is 0 Å². The van der Waals surface area contributed by atoms with Crippen molar-refractivity contribution in [3.63, 3.8) is 0 Å². The van der Waals surface area contributed by atoms with Crippen LogP contribution >= 0.6 is 0 Å². The molecule has 39 heavy (non-hydrogen) atoms. The summed E-state index contributed by atoms with van der Waals surface area (Å²) in [7, 11) is 0. The number of nitrogens with zero attached hydrogens (tertiary/aromatic N) is 3. The minimum Gasteiger partial charge on any atom is -0.361 e. The highest BCUT2D eigenvalue weighted by Crippen LogP contribution is 2.36. The number of carbonyl (C=O) groups excluding carboxylic acids is 1. The van der Waals surface area contributed by atoms with E-state index in [-0.39, 0.29) is 17.7 Å². The van der Waals surface area contributed by atoms with Crippen LogP contribution in [0.1, 0.15) is 24.8 Å². The van der Waals surface area contributed by atoms with Gasteiger partial charge in [0, 0.05) is 42.8 Å². The molecule has 2 fully saturated rings. The second kappa shape index (κ2) is 9.00. The first-order chi connectivity index (χ1) is 18.8. The van der Waals surface area contributed by atoms with Crippen LogP contribution in [0.4, 0.5) is 13.2 Å². The number of fused-ring (bicyclic) bond motifs is 2. The summed E-state index contributed by atoms with van der Waals surface area (Å²) >= 11 is 0.